The summed E-state index contributed by atoms with van der Waals surface area (Å²) in [6.45, 7) is 0.994. The lowest BCUT2D eigenvalue weighted by Crippen LogP contribution is -2.35. The number of ether oxygens (including phenoxy) is 1. The number of nitrogens with zero attached hydrogens (tertiary/aromatic N) is 1. The van der Waals surface area contributed by atoms with Gasteiger partial charge in [0, 0.05) is 20.1 Å². The third kappa shape index (κ3) is 3.15. The van der Waals surface area contributed by atoms with Crippen molar-refractivity contribution in [3.05, 3.63) is 20.8 Å². The predicted molar refractivity (Wildman–Crippen MR) is 69.6 cm³/mol. The maximum atomic E-state index is 11.6. The molecule has 7 heteroatoms. The highest BCUT2D eigenvalue weighted by Gasteiger charge is 2.11. The lowest BCUT2D eigenvalue weighted by Gasteiger charge is -2.12. The summed E-state index contributed by atoms with van der Waals surface area (Å²) in [5, 5.41) is 2.81. The minimum Gasteiger partial charge on any atom is -0.383 e. The maximum absolute atomic E-state index is 11.6. The van der Waals surface area contributed by atoms with Crippen molar-refractivity contribution < 1.29 is 4.74 Å². The number of hydrogen-bond acceptors (Lipinski definition) is 5. The van der Waals surface area contributed by atoms with Crippen LogP contribution in [0.5, 0.6) is 0 Å². The number of nitrogen functional groups attached to an aromatic ring is 1. The Hall–Kier alpha value is -2.20. The van der Waals surface area contributed by atoms with Crippen LogP contribution in [0.4, 0.5) is 11.5 Å². The van der Waals surface area contributed by atoms with E-state index in [0.29, 0.717) is 19.6 Å². The van der Waals surface area contributed by atoms with Gasteiger partial charge < -0.3 is 15.8 Å². The Morgan fingerprint density at radius 1 is 1.56 bits per heavy atom. The topological polar surface area (TPSA) is 102 Å². The molecule has 0 spiro atoms. The molecule has 0 radical (unpaired) electrons. The predicted octanol–water partition coefficient (Wildman–Crippen LogP) is -0.800. The van der Waals surface area contributed by atoms with E-state index in [0.717, 1.165) is 0 Å². The quantitative estimate of drug-likeness (QED) is 0.454. The molecular weight excluding hydrogens is 236 g/mol. The maximum Gasteiger partial charge on any atom is 0.330 e. The van der Waals surface area contributed by atoms with Crippen LogP contribution in [0.1, 0.15) is 6.42 Å². The second-order valence-corrected chi connectivity index (χ2v) is 3.54. The standard InChI is InChI=1S/C11H16N4O3/c1-3-4-5-13-8-9(12)15(6-7-18-2)11(17)14-10(8)16/h1,13H,4-7,12H2,2H3,(H,14,16,17). The van der Waals surface area contributed by atoms with E-state index in [2.05, 4.69) is 16.2 Å². The molecule has 0 atom stereocenters. The van der Waals surface area contributed by atoms with E-state index in [1.165, 1.54) is 11.7 Å². The minimum atomic E-state index is -0.558. The Morgan fingerprint density at radius 3 is 2.89 bits per heavy atom. The van der Waals surface area contributed by atoms with Crippen molar-refractivity contribution in [3.8, 4) is 12.3 Å². The third-order valence-electron chi connectivity index (χ3n) is 2.33. The number of terminal acetylenes is 1. The summed E-state index contributed by atoms with van der Waals surface area (Å²) in [6.07, 6.45) is 5.56. The number of rotatable bonds is 6. The average Bonchev–Trinajstić information content (AvgIpc) is 2.33. The van der Waals surface area contributed by atoms with Crippen molar-refractivity contribution in [2.45, 2.75) is 13.0 Å². The summed E-state index contributed by atoms with van der Waals surface area (Å²) >= 11 is 0. The zero-order valence-corrected chi connectivity index (χ0v) is 10.2. The van der Waals surface area contributed by atoms with Gasteiger partial charge in [0.1, 0.15) is 11.5 Å². The third-order valence-corrected chi connectivity index (χ3v) is 2.33. The Kier molecular flexibility index (Phi) is 5.02. The van der Waals surface area contributed by atoms with Gasteiger partial charge in [-0.25, -0.2) is 4.79 Å². The molecule has 4 N–H and O–H groups in total. The highest BCUT2D eigenvalue weighted by atomic mass is 16.5. The molecule has 18 heavy (non-hydrogen) atoms. The van der Waals surface area contributed by atoms with Gasteiger partial charge in [-0.2, -0.15) is 0 Å². The molecule has 1 aromatic rings. The largest absolute Gasteiger partial charge is 0.383 e. The van der Waals surface area contributed by atoms with Crippen LogP contribution >= 0.6 is 0 Å². The number of aromatic amines is 1. The first kappa shape index (κ1) is 13.9. The van der Waals surface area contributed by atoms with Crippen LogP contribution in [0.3, 0.4) is 0 Å². The molecule has 0 aliphatic carbocycles. The van der Waals surface area contributed by atoms with Gasteiger partial charge in [-0.05, 0) is 0 Å². The molecule has 0 saturated carbocycles. The van der Waals surface area contributed by atoms with E-state index in [9.17, 15) is 9.59 Å². The summed E-state index contributed by atoms with van der Waals surface area (Å²) in [4.78, 5) is 25.3. The van der Waals surface area contributed by atoms with Crippen molar-refractivity contribution in [2.24, 2.45) is 0 Å². The number of nitrogens with two attached hydrogens (primary N) is 1. The highest BCUT2D eigenvalue weighted by Crippen LogP contribution is 2.09. The lowest BCUT2D eigenvalue weighted by molar-refractivity contribution is 0.186. The fraction of sp³-hybridized carbons (Fsp3) is 0.455. The minimum absolute atomic E-state index is 0.0813. The van der Waals surface area contributed by atoms with Gasteiger partial charge in [0.25, 0.3) is 5.56 Å². The first-order valence-corrected chi connectivity index (χ1v) is 5.40. The van der Waals surface area contributed by atoms with E-state index in [1.54, 1.807) is 0 Å². The van der Waals surface area contributed by atoms with Crippen molar-refractivity contribution in [2.75, 3.05) is 31.3 Å². The lowest BCUT2D eigenvalue weighted by atomic mass is 10.4. The second-order valence-electron chi connectivity index (χ2n) is 3.54. The van der Waals surface area contributed by atoms with Crippen molar-refractivity contribution in [1.29, 1.82) is 0 Å². The number of H-pyrrole nitrogens is 1. The molecule has 0 amide bonds. The van der Waals surface area contributed by atoms with Gasteiger partial charge in [-0.15, -0.1) is 12.3 Å². The van der Waals surface area contributed by atoms with Crippen LogP contribution in [0.15, 0.2) is 9.59 Å². The Bertz CT molecular complexity index is 553. The molecule has 1 rings (SSSR count). The fourth-order valence-corrected chi connectivity index (χ4v) is 1.42. The molecular formula is C11H16N4O3. The number of methoxy groups -OCH3 is 1. The number of nitrogens with one attached hydrogen (secondary N) is 2. The van der Waals surface area contributed by atoms with Crippen LogP contribution < -0.4 is 22.3 Å². The fourth-order valence-electron chi connectivity index (χ4n) is 1.42. The Labute approximate surface area is 104 Å². The Morgan fingerprint density at radius 2 is 2.28 bits per heavy atom. The summed E-state index contributed by atoms with van der Waals surface area (Å²) in [5.74, 6) is 2.51. The zero-order chi connectivity index (χ0) is 13.5. The van der Waals surface area contributed by atoms with Crippen LogP contribution in [0, 0.1) is 12.3 Å². The zero-order valence-electron chi connectivity index (χ0n) is 10.2. The van der Waals surface area contributed by atoms with Crippen LogP contribution in [0.2, 0.25) is 0 Å². The van der Waals surface area contributed by atoms with Gasteiger partial charge in [0.2, 0.25) is 0 Å². The normalized spacial score (nSPS) is 10.0. The van der Waals surface area contributed by atoms with Crippen molar-refractivity contribution in [1.82, 2.24) is 9.55 Å². The van der Waals surface area contributed by atoms with Gasteiger partial charge in [-0.1, -0.05) is 0 Å². The molecule has 0 unspecified atom stereocenters. The second kappa shape index (κ2) is 6.51. The van der Waals surface area contributed by atoms with E-state index < -0.39 is 11.2 Å². The number of aromatic nitrogens is 2. The van der Waals surface area contributed by atoms with Gasteiger partial charge in [-0.3, -0.25) is 14.3 Å². The van der Waals surface area contributed by atoms with Crippen LogP contribution in [-0.2, 0) is 11.3 Å². The molecule has 1 heterocycles. The molecule has 98 valence electrons. The number of hydrogen-bond donors (Lipinski definition) is 3. The van der Waals surface area contributed by atoms with Gasteiger partial charge >= 0.3 is 5.69 Å². The summed E-state index contributed by atoms with van der Waals surface area (Å²) in [6, 6.07) is 0. The monoisotopic (exact) mass is 252 g/mol. The number of anilines is 2. The van der Waals surface area contributed by atoms with E-state index in [4.69, 9.17) is 16.9 Å². The average molecular weight is 252 g/mol. The van der Waals surface area contributed by atoms with Gasteiger partial charge in [0.05, 0.1) is 13.2 Å². The molecule has 0 aliphatic heterocycles. The summed E-state index contributed by atoms with van der Waals surface area (Å²) < 4.78 is 6.11. The van der Waals surface area contributed by atoms with Gasteiger partial charge in [0.15, 0.2) is 0 Å². The molecule has 7 nitrogen and oxygen atoms in total. The first-order valence-electron chi connectivity index (χ1n) is 5.40. The summed E-state index contributed by atoms with van der Waals surface area (Å²) in [7, 11) is 1.51. The van der Waals surface area contributed by atoms with Crippen molar-refractivity contribution in [3.63, 3.8) is 0 Å². The van der Waals surface area contributed by atoms with Crippen molar-refractivity contribution >= 4 is 11.5 Å². The first-order chi connectivity index (χ1) is 8.61. The molecule has 0 bridgehead atoms. The van der Waals surface area contributed by atoms with E-state index in [-0.39, 0.29) is 18.1 Å². The SMILES string of the molecule is C#CCCNc1c(N)n(CCOC)c(=O)[nH]c1=O. The molecule has 1 aromatic heterocycles. The van der Waals surface area contributed by atoms with Crippen LogP contribution in [-0.4, -0.2) is 29.8 Å². The Balaban J connectivity index is 3.07. The molecule has 0 aromatic carbocycles. The molecule has 0 aliphatic rings. The van der Waals surface area contributed by atoms with E-state index in [1.807, 2.05) is 0 Å². The van der Waals surface area contributed by atoms with Crippen LogP contribution in [0.25, 0.3) is 0 Å². The van der Waals surface area contributed by atoms with E-state index >= 15 is 0 Å². The smallest absolute Gasteiger partial charge is 0.330 e. The highest BCUT2D eigenvalue weighted by molar-refractivity contribution is 5.60. The molecule has 0 fully saturated rings. The summed E-state index contributed by atoms with van der Waals surface area (Å²) in [5.41, 5.74) is 4.82. The molecule has 0 saturated heterocycles.